The standard InChI is InChI=1S/C33H40F2N6O3/c1-38-22-33(34,35)23-44-27-16-15-26-29(30(27)38)41(32(36-26)37-31(43)24-11-4-2-5-12-24)25-13-6-9-20-40(21-25)28(42)14-10-19-39-17-7-3-8-18-39/h2,4-5,10-12,14-16,25H,3,6-9,13,17-23H2,1H3,(H,36,37,43)/p-1/b14-10+/t25-/m1/s1. The Balaban J connectivity index is 1.39. The Bertz CT molecular complexity index is 1530. The lowest BCUT2D eigenvalue weighted by atomic mass is 10.1. The molecule has 6 rings (SSSR count). The lowest BCUT2D eigenvalue weighted by Crippen LogP contribution is -2.37. The molecule has 0 unspecified atom stereocenters. The number of halogens is 2. The zero-order valence-corrected chi connectivity index (χ0v) is 25.1. The molecule has 0 N–H and O–H groups in total. The van der Waals surface area contributed by atoms with Crippen molar-refractivity contribution < 1.29 is 23.4 Å². The van der Waals surface area contributed by atoms with Gasteiger partial charge < -0.3 is 24.2 Å². The lowest BCUT2D eigenvalue weighted by molar-refractivity contribution is -0.212. The van der Waals surface area contributed by atoms with Crippen molar-refractivity contribution in [2.24, 2.45) is 4.99 Å². The predicted octanol–water partition coefficient (Wildman–Crippen LogP) is 4.53. The fourth-order valence-corrected chi connectivity index (χ4v) is 6.52. The van der Waals surface area contributed by atoms with Crippen molar-refractivity contribution in [3.05, 3.63) is 60.2 Å². The fourth-order valence-electron chi connectivity index (χ4n) is 6.52. The summed E-state index contributed by atoms with van der Waals surface area (Å²) >= 11 is 0. The molecule has 1 atom stereocenters. The second kappa shape index (κ2) is 12.9. The molecule has 4 heterocycles. The minimum atomic E-state index is -3.05. The number of fused-ring (bicyclic) bond motifs is 3. The highest BCUT2D eigenvalue weighted by Gasteiger charge is 2.38. The van der Waals surface area contributed by atoms with Crippen LogP contribution in [-0.4, -0.2) is 90.0 Å². The average molecular weight is 606 g/mol. The van der Waals surface area contributed by atoms with E-state index in [1.807, 2.05) is 21.6 Å². The summed E-state index contributed by atoms with van der Waals surface area (Å²) in [6.07, 6.45) is 9.64. The maximum Gasteiger partial charge on any atom is 0.298 e. The van der Waals surface area contributed by atoms with E-state index in [0.717, 1.165) is 32.5 Å². The van der Waals surface area contributed by atoms with Crippen LogP contribution in [0.3, 0.4) is 0 Å². The molecule has 1 amide bonds. The molecular formula is C33H39F2N6O3-. The number of nitrogens with zero attached hydrogens (tertiary/aromatic N) is 6. The highest BCUT2D eigenvalue weighted by Crippen LogP contribution is 2.43. The van der Waals surface area contributed by atoms with Crippen molar-refractivity contribution in [3.8, 4) is 5.75 Å². The van der Waals surface area contributed by atoms with Gasteiger partial charge in [0, 0.05) is 32.8 Å². The molecule has 11 heteroatoms. The van der Waals surface area contributed by atoms with E-state index in [2.05, 4.69) is 9.89 Å². The van der Waals surface area contributed by atoms with Crippen molar-refractivity contribution in [2.45, 2.75) is 50.5 Å². The van der Waals surface area contributed by atoms with Crippen molar-refractivity contribution in [1.82, 2.24) is 19.4 Å². The van der Waals surface area contributed by atoms with E-state index in [1.54, 1.807) is 49.5 Å². The van der Waals surface area contributed by atoms with Crippen molar-refractivity contribution in [3.63, 3.8) is 0 Å². The molecule has 1 aromatic heterocycles. The lowest BCUT2D eigenvalue weighted by Gasteiger charge is -2.28. The molecule has 9 nitrogen and oxygen atoms in total. The molecule has 2 saturated heterocycles. The van der Waals surface area contributed by atoms with Crippen LogP contribution in [0, 0.1) is 0 Å². The first-order valence-electron chi connectivity index (χ1n) is 15.5. The van der Waals surface area contributed by atoms with Gasteiger partial charge in [-0.05, 0) is 68.8 Å². The maximum absolute atomic E-state index is 14.6. The number of imidazole rings is 1. The summed E-state index contributed by atoms with van der Waals surface area (Å²) in [6.45, 7) is 2.59. The third-order valence-electron chi connectivity index (χ3n) is 8.68. The van der Waals surface area contributed by atoms with Crippen LogP contribution in [0.15, 0.2) is 59.6 Å². The van der Waals surface area contributed by atoms with E-state index < -0.39 is 25.0 Å². The zero-order chi connectivity index (χ0) is 30.7. The summed E-state index contributed by atoms with van der Waals surface area (Å²) in [5.74, 6) is -3.05. The number of ether oxygens (including phenoxy) is 1. The van der Waals surface area contributed by atoms with Crippen LogP contribution in [0.2, 0.25) is 0 Å². The molecule has 234 valence electrons. The molecule has 3 aliphatic heterocycles. The number of rotatable bonds is 6. The average Bonchev–Trinajstić information content (AvgIpc) is 3.13. The van der Waals surface area contributed by atoms with Crippen LogP contribution < -0.4 is 14.7 Å². The monoisotopic (exact) mass is 605 g/mol. The molecule has 0 radical (unpaired) electrons. The van der Waals surface area contributed by atoms with E-state index in [1.165, 1.54) is 24.2 Å². The molecule has 3 aromatic rings. The number of anilines is 1. The first-order valence-corrected chi connectivity index (χ1v) is 15.5. The highest BCUT2D eigenvalue weighted by atomic mass is 19.3. The minimum Gasteiger partial charge on any atom is -0.858 e. The molecule has 44 heavy (non-hydrogen) atoms. The Morgan fingerprint density at radius 2 is 1.86 bits per heavy atom. The minimum absolute atomic E-state index is 0.0592. The largest absolute Gasteiger partial charge is 0.858 e. The normalized spacial score (nSPS) is 21.6. The fraction of sp³-hybridized carbons (Fsp3) is 0.485. The Labute approximate surface area is 256 Å². The van der Waals surface area contributed by atoms with Gasteiger partial charge in [0.05, 0.1) is 23.6 Å². The number of alkyl halides is 2. The summed E-state index contributed by atoms with van der Waals surface area (Å²) in [5.41, 5.74) is 1.99. The SMILES string of the molecule is CN1CC(F)(F)COc2ccc3nc(N=C([O-])c4ccccc4)n([C@@H]4CCCCN(C(=O)/C=C/CN5CCCCC5)C4)c3c21. The van der Waals surface area contributed by atoms with Gasteiger partial charge in [-0.2, -0.15) is 0 Å². The Morgan fingerprint density at radius 3 is 2.66 bits per heavy atom. The first-order chi connectivity index (χ1) is 21.3. The Morgan fingerprint density at radius 1 is 1.09 bits per heavy atom. The number of likely N-dealkylation sites (tertiary alicyclic amines) is 2. The van der Waals surface area contributed by atoms with Crippen LogP contribution in [0.1, 0.15) is 50.1 Å². The maximum atomic E-state index is 14.6. The predicted molar refractivity (Wildman–Crippen MR) is 165 cm³/mol. The van der Waals surface area contributed by atoms with Gasteiger partial charge in [-0.15, -0.1) is 0 Å². The third kappa shape index (κ3) is 6.57. The number of benzene rings is 2. The van der Waals surface area contributed by atoms with Crippen molar-refractivity contribution in [2.75, 3.05) is 57.8 Å². The van der Waals surface area contributed by atoms with Gasteiger partial charge in [-0.1, -0.05) is 42.8 Å². The topological polar surface area (TPSA) is 89.3 Å². The molecule has 3 aliphatic rings. The van der Waals surface area contributed by atoms with Crippen LogP contribution in [0.25, 0.3) is 11.0 Å². The van der Waals surface area contributed by atoms with E-state index in [4.69, 9.17) is 9.72 Å². The van der Waals surface area contributed by atoms with Crippen molar-refractivity contribution >= 4 is 34.5 Å². The van der Waals surface area contributed by atoms with E-state index in [0.29, 0.717) is 47.5 Å². The number of carbonyl (C=O) groups is 1. The van der Waals surface area contributed by atoms with Gasteiger partial charge in [0.15, 0.2) is 6.61 Å². The first kappa shape index (κ1) is 30.1. The molecule has 2 fully saturated rings. The quantitative estimate of drug-likeness (QED) is 0.233. The second-order valence-electron chi connectivity index (χ2n) is 12.0. The number of carbonyl (C=O) groups excluding carboxylic acids is 1. The van der Waals surface area contributed by atoms with Gasteiger partial charge in [0.1, 0.15) is 11.4 Å². The number of hydrogen-bond acceptors (Lipinski definition) is 7. The number of piperidine rings is 1. The molecular weight excluding hydrogens is 566 g/mol. The van der Waals surface area contributed by atoms with Gasteiger partial charge in [0.25, 0.3) is 5.92 Å². The summed E-state index contributed by atoms with van der Waals surface area (Å²) in [6, 6.07) is 11.8. The van der Waals surface area contributed by atoms with Crippen LogP contribution >= 0.6 is 0 Å². The molecule has 0 saturated carbocycles. The Kier molecular flexibility index (Phi) is 8.83. The zero-order valence-electron chi connectivity index (χ0n) is 25.1. The summed E-state index contributed by atoms with van der Waals surface area (Å²) in [7, 11) is 1.61. The van der Waals surface area contributed by atoms with Crippen LogP contribution in [0.5, 0.6) is 5.75 Å². The molecule has 0 spiro atoms. The third-order valence-corrected chi connectivity index (χ3v) is 8.68. The molecule has 0 aliphatic carbocycles. The van der Waals surface area contributed by atoms with Gasteiger partial charge in [-0.25, -0.2) is 18.8 Å². The summed E-state index contributed by atoms with van der Waals surface area (Å²) in [5, 5.41) is 13.3. The van der Waals surface area contributed by atoms with Crippen LogP contribution in [0.4, 0.5) is 20.4 Å². The Hall–Kier alpha value is -3.99. The number of amides is 1. The smallest absolute Gasteiger partial charge is 0.298 e. The van der Waals surface area contributed by atoms with Gasteiger partial charge in [-0.3, -0.25) is 9.69 Å². The van der Waals surface area contributed by atoms with E-state index in [-0.39, 0.29) is 17.9 Å². The summed E-state index contributed by atoms with van der Waals surface area (Å²) in [4.78, 5) is 28.3. The number of aliphatic imine (C=N–C) groups is 1. The molecule has 2 aromatic carbocycles. The van der Waals surface area contributed by atoms with Crippen LogP contribution in [-0.2, 0) is 4.79 Å². The number of aromatic nitrogens is 2. The van der Waals surface area contributed by atoms with Gasteiger partial charge in [0.2, 0.25) is 11.9 Å². The van der Waals surface area contributed by atoms with E-state index in [9.17, 15) is 18.7 Å². The highest BCUT2D eigenvalue weighted by molar-refractivity contribution is 5.97. The summed E-state index contributed by atoms with van der Waals surface area (Å²) < 4.78 is 36.7. The van der Waals surface area contributed by atoms with Crippen molar-refractivity contribution in [1.29, 1.82) is 0 Å². The molecule has 0 bridgehead atoms. The second-order valence-corrected chi connectivity index (χ2v) is 12.0. The van der Waals surface area contributed by atoms with E-state index >= 15 is 0 Å². The van der Waals surface area contributed by atoms with Gasteiger partial charge >= 0.3 is 0 Å². The number of hydrogen-bond donors (Lipinski definition) is 0.